The molecule has 4 heteroatoms. The van der Waals surface area contributed by atoms with E-state index in [4.69, 9.17) is 16.3 Å². The van der Waals surface area contributed by atoms with Crippen LogP contribution in [0.15, 0.2) is 30.0 Å². The van der Waals surface area contributed by atoms with Crippen molar-refractivity contribution in [2.45, 2.75) is 20.8 Å². The molecular formula is C15H15ClO3. The summed E-state index contributed by atoms with van der Waals surface area (Å²) in [6, 6.07) is 4.66. The summed E-state index contributed by atoms with van der Waals surface area (Å²) in [5, 5.41) is 0.437. The third-order valence-corrected chi connectivity index (χ3v) is 2.87. The van der Waals surface area contributed by atoms with Gasteiger partial charge >= 0.3 is 0 Å². The molecule has 1 aromatic rings. The average molecular weight is 279 g/mol. The van der Waals surface area contributed by atoms with Crippen LogP contribution in [0.1, 0.15) is 41.5 Å². The molecule has 0 atom stereocenters. The Bertz CT molecular complexity index is 580. The Labute approximate surface area is 117 Å². The highest BCUT2D eigenvalue weighted by molar-refractivity contribution is 6.32. The van der Waals surface area contributed by atoms with Gasteiger partial charge in [-0.05, 0) is 23.6 Å². The summed E-state index contributed by atoms with van der Waals surface area (Å²) in [7, 11) is 0. The third kappa shape index (κ3) is 3.04. The number of rotatable bonds is 2. The first-order chi connectivity index (χ1) is 8.78. The molecule has 2 rings (SSSR count). The van der Waals surface area contributed by atoms with Crippen molar-refractivity contribution in [3.05, 3.63) is 46.2 Å². The summed E-state index contributed by atoms with van der Waals surface area (Å²) in [5.74, 6) is -0.411. The van der Waals surface area contributed by atoms with Crippen LogP contribution in [0, 0.1) is 5.41 Å². The van der Waals surface area contributed by atoms with Gasteiger partial charge in [0.05, 0.1) is 6.61 Å². The minimum Gasteiger partial charge on any atom is -0.489 e. The Morgan fingerprint density at radius 2 is 1.84 bits per heavy atom. The van der Waals surface area contributed by atoms with Crippen molar-refractivity contribution in [1.29, 1.82) is 0 Å². The van der Waals surface area contributed by atoms with Gasteiger partial charge in [0.15, 0.2) is 11.5 Å². The standard InChI is InChI=1S/C15H15ClO3/c1-15(2,3)8-19-13-7-12(17)11-6-9(16)4-5-10(11)14(13)18/h4-7H,8H2,1-3H3. The molecule has 0 N–H and O–H groups in total. The fourth-order valence-electron chi connectivity index (χ4n) is 1.71. The van der Waals surface area contributed by atoms with E-state index < -0.39 is 0 Å². The van der Waals surface area contributed by atoms with Gasteiger partial charge in [-0.1, -0.05) is 32.4 Å². The molecule has 19 heavy (non-hydrogen) atoms. The zero-order chi connectivity index (χ0) is 14.2. The van der Waals surface area contributed by atoms with E-state index in [0.29, 0.717) is 22.8 Å². The number of hydrogen-bond acceptors (Lipinski definition) is 3. The van der Waals surface area contributed by atoms with E-state index >= 15 is 0 Å². The molecule has 0 spiro atoms. The molecule has 0 aromatic heterocycles. The summed E-state index contributed by atoms with van der Waals surface area (Å²) < 4.78 is 5.47. The summed E-state index contributed by atoms with van der Waals surface area (Å²) in [6.45, 7) is 6.37. The normalized spacial score (nSPS) is 15.1. The number of ether oxygens (including phenoxy) is 1. The number of carbonyl (C=O) groups is 2. The van der Waals surface area contributed by atoms with Crippen LogP contribution in [0.5, 0.6) is 0 Å². The number of Topliss-reactive ketones (excluding diaryl/α,β-unsaturated/α-hetero) is 1. The largest absolute Gasteiger partial charge is 0.489 e. The Balaban J connectivity index is 2.30. The molecule has 0 heterocycles. The molecule has 1 aliphatic rings. The molecule has 0 unspecified atom stereocenters. The Hall–Kier alpha value is -1.61. The molecule has 3 nitrogen and oxygen atoms in total. The van der Waals surface area contributed by atoms with Gasteiger partial charge in [0.2, 0.25) is 5.78 Å². The van der Waals surface area contributed by atoms with Crippen LogP contribution in [0.3, 0.4) is 0 Å². The van der Waals surface area contributed by atoms with Crippen LogP contribution in [-0.2, 0) is 4.74 Å². The van der Waals surface area contributed by atoms with E-state index in [1.807, 2.05) is 20.8 Å². The molecule has 100 valence electrons. The van der Waals surface area contributed by atoms with E-state index in [0.717, 1.165) is 0 Å². The maximum absolute atomic E-state index is 12.2. The van der Waals surface area contributed by atoms with Crippen molar-refractivity contribution in [3.8, 4) is 0 Å². The maximum Gasteiger partial charge on any atom is 0.228 e. The van der Waals surface area contributed by atoms with Crippen LogP contribution in [0.2, 0.25) is 5.02 Å². The van der Waals surface area contributed by atoms with Gasteiger partial charge < -0.3 is 4.74 Å². The van der Waals surface area contributed by atoms with Crippen molar-refractivity contribution in [2.75, 3.05) is 6.61 Å². The van der Waals surface area contributed by atoms with Crippen molar-refractivity contribution in [1.82, 2.24) is 0 Å². The maximum atomic E-state index is 12.2. The van der Waals surface area contributed by atoms with E-state index in [-0.39, 0.29) is 22.7 Å². The van der Waals surface area contributed by atoms with Crippen molar-refractivity contribution in [2.24, 2.45) is 5.41 Å². The zero-order valence-electron chi connectivity index (χ0n) is 11.1. The number of halogens is 1. The lowest BCUT2D eigenvalue weighted by molar-refractivity contribution is 0.0793. The highest BCUT2D eigenvalue weighted by Crippen LogP contribution is 2.26. The number of carbonyl (C=O) groups excluding carboxylic acids is 2. The van der Waals surface area contributed by atoms with Crippen LogP contribution < -0.4 is 0 Å². The van der Waals surface area contributed by atoms with Gasteiger partial charge in [0.25, 0.3) is 0 Å². The molecule has 0 bridgehead atoms. The second-order valence-corrected chi connectivity index (χ2v) is 6.18. The van der Waals surface area contributed by atoms with Crippen molar-refractivity contribution < 1.29 is 14.3 Å². The van der Waals surface area contributed by atoms with Gasteiger partial charge in [-0.2, -0.15) is 0 Å². The SMILES string of the molecule is CC(C)(C)COC1=CC(=O)c2cc(Cl)ccc2C1=O. The molecule has 0 fully saturated rings. The van der Waals surface area contributed by atoms with E-state index in [1.165, 1.54) is 12.1 Å². The van der Waals surface area contributed by atoms with Gasteiger partial charge in [0, 0.05) is 22.2 Å². The average Bonchev–Trinajstić information content (AvgIpc) is 2.31. The topological polar surface area (TPSA) is 43.4 Å². The predicted molar refractivity (Wildman–Crippen MR) is 73.6 cm³/mol. The third-order valence-electron chi connectivity index (χ3n) is 2.64. The lowest BCUT2D eigenvalue weighted by atomic mass is 9.93. The Morgan fingerprint density at radius 1 is 1.16 bits per heavy atom. The van der Waals surface area contributed by atoms with E-state index in [9.17, 15) is 9.59 Å². The minimum atomic E-state index is -0.268. The van der Waals surface area contributed by atoms with Crippen molar-refractivity contribution >= 4 is 23.2 Å². The van der Waals surface area contributed by atoms with Crippen LogP contribution >= 0.6 is 11.6 Å². The molecule has 0 amide bonds. The molecule has 0 radical (unpaired) electrons. The number of hydrogen-bond donors (Lipinski definition) is 0. The monoisotopic (exact) mass is 278 g/mol. The minimum absolute atomic E-state index is 0.0789. The number of fused-ring (bicyclic) bond motifs is 1. The lowest BCUT2D eigenvalue weighted by Gasteiger charge is -2.22. The molecule has 0 saturated heterocycles. The second-order valence-electron chi connectivity index (χ2n) is 5.74. The molecule has 1 aromatic carbocycles. The molecule has 1 aliphatic carbocycles. The number of allylic oxidation sites excluding steroid dienone is 2. The number of ketones is 2. The first kappa shape index (κ1) is 13.8. The predicted octanol–water partition coefficient (Wildman–Crippen LogP) is 3.67. The van der Waals surface area contributed by atoms with E-state index in [1.54, 1.807) is 12.1 Å². The summed E-state index contributed by atoms with van der Waals surface area (Å²) in [4.78, 5) is 24.2. The van der Waals surface area contributed by atoms with Gasteiger partial charge in [-0.25, -0.2) is 0 Å². The van der Waals surface area contributed by atoms with Crippen molar-refractivity contribution in [3.63, 3.8) is 0 Å². The lowest BCUT2D eigenvalue weighted by Crippen LogP contribution is -2.22. The van der Waals surface area contributed by atoms with E-state index in [2.05, 4.69) is 0 Å². The van der Waals surface area contributed by atoms with Gasteiger partial charge in [0.1, 0.15) is 0 Å². The zero-order valence-corrected chi connectivity index (χ0v) is 11.9. The van der Waals surface area contributed by atoms with Crippen LogP contribution in [-0.4, -0.2) is 18.2 Å². The molecule has 0 saturated carbocycles. The van der Waals surface area contributed by atoms with Gasteiger partial charge in [-0.15, -0.1) is 0 Å². The Kier molecular flexibility index (Phi) is 3.50. The van der Waals surface area contributed by atoms with Gasteiger partial charge in [-0.3, -0.25) is 9.59 Å². The Morgan fingerprint density at radius 3 is 2.47 bits per heavy atom. The first-order valence-corrected chi connectivity index (χ1v) is 6.39. The smallest absolute Gasteiger partial charge is 0.228 e. The molecular weight excluding hydrogens is 264 g/mol. The summed E-state index contributed by atoms with van der Waals surface area (Å²) in [5.41, 5.74) is 0.603. The van der Waals surface area contributed by atoms with Crippen LogP contribution in [0.25, 0.3) is 0 Å². The first-order valence-electron chi connectivity index (χ1n) is 6.01. The number of benzene rings is 1. The quantitative estimate of drug-likeness (QED) is 0.829. The highest BCUT2D eigenvalue weighted by atomic mass is 35.5. The molecule has 0 aliphatic heterocycles. The highest BCUT2D eigenvalue weighted by Gasteiger charge is 2.27. The summed E-state index contributed by atoms with van der Waals surface area (Å²) in [6.07, 6.45) is 1.24. The van der Waals surface area contributed by atoms with Crippen LogP contribution in [0.4, 0.5) is 0 Å². The summed E-state index contributed by atoms with van der Waals surface area (Å²) >= 11 is 5.83. The fraction of sp³-hybridized carbons (Fsp3) is 0.333. The fourth-order valence-corrected chi connectivity index (χ4v) is 1.89. The second kappa shape index (κ2) is 4.82.